The van der Waals surface area contributed by atoms with E-state index in [9.17, 15) is 4.79 Å². The topological polar surface area (TPSA) is 45.5 Å². The summed E-state index contributed by atoms with van der Waals surface area (Å²) in [5.74, 6) is 1.57. The minimum atomic E-state index is -0.0497. The van der Waals surface area contributed by atoms with Crippen LogP contribution in [0.4, 0.5) is 0 Å². The van der Waals surface area contributed by atoms with Crippen molar-refractivity contribution in [1.29, 1.82) is 0 Å². The van der Waals surface area contributed by atoms with Crippen LogP contribution in [0.3, 0.4) is 0 Å². The molecule has 1 aromatic rings. The Morgan fingerprint density at radius 1 is 1.42 bits per heavy atom. The van der Waals surface area contributed by atoms with E-state index in [1.165, 1.54) is 25.7 Å². The first-order chi connectivity index (χ1) is 9.25. The molecule has 1 N–H and O–H groups in total. The fourth-order valence-corrected chi connectivity index (χ4v) is 3.02. The third-order valence-corrected chi connectivity index (χ3v) is 4.20. The first-order valence-electron chi connectivity index (χ1n) is 7.33. The summed E-state index contributed by atoms with van der Waals surface area (Å²) in [5.41, 5.74) is 0. The van der Waals surface area contributed by atoms with E-state index in [0.29, 0.717) is 5.92 Å². The van der Waals surface area contributed by atoms with Crippen molar-refractivity contribution in [3.05, 3.63) is 24.2 Å². The Balaban J connectivity index is 1.63. The van der Waals surface area contributed by atoms with Crippen LogP contribution < -0.4 is 5.32 Å². The molecule has 1 aromatic heterocycles. The summed E-state index contributed by atoms with van der Waals surface area (Å²) in [5, 5.41) is 3.11. The summed E-state index contributed by atoms with van der Waals surface area (Å²) in [4.78, 5) is 14.9. The summed E-state index contributed by atoms with van der Waals surface area (Å²) >= 11 is 0. The molecule has 2 fully saturated rings. The zero-order chi connectivity index (χ0) is 13.2. The van der Waals surface area contributed by atoms with Gasteiger partial charge in [0.05, 0.1) is 18.3 Å². The maximum atomic E-state index is 12.5. The Morgan fingerprint density at radius 3 is 2.74 bits per heavy atom. The van der Waals surface area contributed by atoms with Crippen molar-refractivity contribution in [2.24, 2.45) is 5.92 Å². The van der Waals surface area contributed by atoms with Crippen LogP contribution in [0, 0.1) is 5.92 Å². The zero-order valence-electron chi connectivity index (χ0n) is 11.5. The van der Waals surface area contributed by atoms with Gasteiger partial charge in [-0.05, 0) is 63.7 Å². The first kappa shape index (κ1) is 12.7. The average molecular weight is 262 g/mol. The Hall–Kier alpha value is -1.29. The van der Waals surface area contributed by atoms with E-state index in [1.807, 2.05) is 19.1 Å². The fraction of sp³-hybridized carbons (Fsp3) is 0.667. The molecule has 2 heterocycles. The van der Waals surface area contributed by atoms with Crippen LogP contribution in [0.5, 0.6) is 0 Å². The van der Waals surface area contributed by atoms with E-state index in [0.717, 1.165) is 18.8 Å². The standard InChI is InChI=1S/C15H22N2O2/c1-11(13-5-4-10-19-13)16-15(18)14(12-6-7-12)17-8-2-3-9-17/h4-5,10-12,14H,2-3,6-9H2,1H3,(H,16,18)/t11-,14+/m1/s1. The second-order valence-electron chi connectivity index (χ2n) is 5.77. The van der Waals surface area contributed by atoms with E-state index in [1.54, 1.807) is 6.26 Å². The lowest BCUT2D eigenvalue weighted by Gasteiger charge is -2.27. The minimum Gasteiger partial charge on any atom is -0.467 e. The molecule has 4 heteroatoms. The number of furan rings is 1. The zero-order valence-corrected chi connectivity index (χ0v) is 11.5. The Morgan fingerprint density at radius 2 is 2.16 bits per heavy atom. The molecule has 3 rings (SSSR count). The summed E-state index contributed by atoms with van der Waals surface area (Å²) in [6.07, 6.45) is 6.50. The van der Waals surface area contributed by atoms with Gasteiger partial charge in [0.15, 0.2) is 0 Å². The van der Waals surface area contributed by atoms with Crippen LogP contribution >= 0.6 is 0 Å². The minimum absolute atomic E-state index is 0.0497. The van der Waals surface area contributed by atoms with Crippen molar-refractivity contribution in [1.82, 2.24) is 10.2 Å². The maximum absolute atomic E-state index is 12.5. The lowest BCUT2D eigenvalue weighted by molar-refractivity contribution is -0.127. The second kappa shape index (κ2) is 5.37. The number of hydrogen-bond donors (Lipinski definition) is 1. The van der Waals surface area contributed by atoms with Gasteiger partial charge < -0.3 is 9.73 Å². The number of nitrogens with zero attached hydrogens (tertiary/aromatic N) is 1. The molecule has 1 amide bonds. The molecule has 1 saturated carbocycles. The summed E-state index contributed by atoms with van der Waals surface area (Å²) in [6.45, 7) is 4.12. The molecule has 0 unspecified atom stereocenters. The molecule has 1 saturated heterocycles. The van der Waals surface area contributed by atoms with Crippen molar-refractivity contribution in [2.45, 2.75) is 44.7 Å². The number of rotatable bonds is 5. The molecule has 104 valence electrons. The van der Waals surface area contributed by atoms with E-state index < -0.39 is 0 Å². The molecule has 19 heavy (non-hydrogen) atoms. The lowest BCUT2D eigenvalue weighted by atomic mass is 10.1. The molecule has 1 aliphatic heterocycles. The van der Waals surface area contributed by atoms with Gasteiger partial charge in [-0.3, -0.25) is 9.69 Å². The van der Waals surface area contributed by atoms with Crippen molar-refractivity contribution in [3.8, 4) is 0 Å². The predicted molar refractivity (Wildman–Crippen MR) is 72.6 cm³/mol. The Kier molecular flexibility index (Phi) is 3.60. The van der Waals surface area contributed by atoms with Crippen molar-refractivity contribution in [2.75, 3.05) is 13.1 Å². The maximum Gasteiger partial charge on any atom is 0.238 e. The Labute approximate surface area is 114 Å². The molecular weight excluding hydrogens is 240 g/mol. The highest BCUT2D eigenvalue weighted by atomic mass is 16.3. The molecule has 2 atom stereocenters. The van der Waals surface area contributed by atoms with Crippen LogP contribution in [0.25, 0.3) is 0 Å². The molecule has 0 radical (unpaired) electrons. The van der Waals surface area contributed by atoms with Gasteiger partial charge in [0, 0.05) is 0 Å². The fourth-order valence-electron chi connectivity index (χ4n) is 3.02. The molecule has 0 bridgehead atoms. The van der Waals surface area contributed by atoms with Crippen molar-refractivity contribution < 1.29 is 9.21 Å². The molecule has 0 aromatic carbocycles. The van der Waals surface area contributed by atoms with Crippen LogP contribution in [0.2, 0.25) is 0 Å². The van der Waals surface area contributed by atoms with Gasteiger partial charge in [0.2, 0.25) is 5.91 Å². The number of hydrogen-bond acceptors (Lipinski definition) is 3. The number of nitrogens with one attached hydrogen (secondary N) is 1. The van der Waals surface area contributed by atoms with Gasteiger partial charge in [-0.1, -0.05) is 0 Å². The largest absolute Gasteiger partial charge is 0.467 e. The second-order valence-corrected chi connectivity index (χ2v) is 5.77. The highest BCUT2D eigenvalue weighted by molar-refractivity contribution is 5.82. The molecule has 4 nitrogen and oxygen atoms in total. The van der Waals surface area contributed by atoms with E-state index in [4.69, 9.17) is 4.42 Å². The third-order valence-electron chi connectivity index (χ3n) is 4.20. The molecular formula is C15H22N2O2. The van der Waals surface area contributed by atoms with Gasteiger partial charge in [0.25, 0.3) is 0 Å². The van der Waals surface area contributed by atoms with Gasteiger partial charge in [-0.25, -0.2) is 0 Å². The quantitative estimate of drug-likeness (QED) is 0.886. The van der Waals surface area contributed by atoms with Crippen molar-refractivity contribution >= 4 is 5.91 Å². The predicted octanol–water partition coefficient (Wildman–Crippen LogP) is 2.33. The van der Waals surface area contributed by atoms with Gasteiger partial charge in [0.1, 0.15) is 5.76 Å². The van der Waals surface area contributed by atoms with E-state index >= 15 is 0 Å². The van der Waals surface area contributed by atoms with Gasteiger partial charge in [-0.2, -0.15) is 0 Å². The number of amides is 1. The SMILES string of the molecule is C[C@@H](NC(=O)[C@H](C1CC1)N1CCCC1)c1ccco1. The summed E-state index contributed by atoms with van der Waals surface area (Å²) < 4.78 is 5.35. The normalized spacial score (nSPS) is 23.2. The number of carbonyl (C=O) groups is 1. The van der Waals surface area contributed by atoms with Crippen molar-refractivity contribution in [3.63, 3.8) is 0 Å². The van der Waals surface area contributed by atoms with Crippen LogP contribution in [-0.4, -0.2) is 29.9 Å². The average Bonchev–Trinajstić information content (AvgIpc) is 2.89. The smallest absolute Gasteiger partial charge is 0.238 e. The summed E-state index contributed by atoms with van der Waals surface area (Å²) in [7, 11) is 0. The molecule has 0 spiro atoms. The van der Waals surface area contributed by atoms with Crippen LogP contribution in [-0.2, 0) is 4.79 Å². The van der Waals surface area contributed by atoms with Gasteiger partial charge in [-0.15, -0.1) is 0 Å². The van der Waals surface area contributed by atoms with E-state index in [2.05, 4.69) is 10.2 Å². The lowest BCUT2D eigenvalue weighted by Crippen LogP contribution is -2.47. The molecule has 1 aliphatic carbocycles. The highest BCUT2D eigenvalue weighted by Gasteiger charge is 2.41. The Bertz CT molecular complexity index is 419. The van der Waals surface area contributed by atoms with Crippen LogP contribution in [0.15, 0.2) is 22.8 Å². The van der Waals surface area contributed by atoms with E-state index in [-0.39, 0.29) is 18.0 Å². The first-order valence-corrected chi connectivity index (χ1v) is 7.33. The third kappa shape index (κ3) is 2.84. The molecule has 2 aliphatic rings. The highest BCUT2D eigenvalue weighted by Crippen LogP contribution is 2.37. The monoisotopic (exact) mass is 262 g/mol. The number of likely N-dealkylation sites (tertiary alicyclic amines) is 1. The summed E-state index contributed by atoms with van der Waals surface area (Å²) in [6, 6.07) is 3.80. The number of carbonyl (C=O) groups excluding carboxylic acids is 1. The van der Waals surface area contributed by atoms with Crippen LogP contribution in [0.1, 0.15) is 44.4 Å². The van der Waals surface area contributed by atoms with Gasteiger partial charge >= 0.3 is 0 Å².